The summed E-state index contributed by atoms with van der Waals surface area (Å²) in [6, 6.07) is 6.08. The van der Waals surface area contributed by atoms with Crippen LogP contribution < -0.4 is 10.5 Å². The minimum atomic E-state index is 0.571. The van der Waals surface area contributed by atoms with Gasteiger partial charge in [-0.05, 0) is 25.0 Å². The van der Waals surface area contributed by atoms with Gasteiger partial charge in [-0.15, -0.1) is 0 Å². The fourth-order valence-corrected chi connectivity index (χ4v) is 1.95. The van der Waals surface area contributed by atoms with Gasteiger partial charge in [0.15, 0.2) is 0 Å². The molecule has 0 bridgehead atoms. The van der Waals surface area contributed by atoms with E-state index in [-0.39, 0.29) is 0 Å². The maximum Gasteiger partial charge on any atom is 0.149 e. The smallest absolute Gasteiger partial charge is 0.149 e. The van der Waals surface area contributed by atoms with Gasteiger partial charge in [-0.1, -0.05) is 19.1 Å². The zero-order valence-corrected chi connectivity index (χ0v) is 10.4. The first-order valence-electron chi connectivity index (χ1n) is 5.65. The number of aromatic amines is 1. The maximum absolute atomic E-state index is 5.82. The van der Waals surface area contributed by atoms with Crippen molar-refractivity contribution >= 4 is 5.82 Å². The molecule has 17 heavy (non-hydrogen) atoms. The molecule has 0 saturated carbocycles. The minimum Gasteiger partial charge on any atom is -0.496 e. The van der Waals surface area contributed by atoms with Gasteiger partial charge < -0.3 is 10.5 Å². The van der Waals surface area contributed by atoms with Crippen LogP contribution in [0.15, 0.2) is 18.2 Å². The average molecular weight is 231 g/mol. The lowest BCUT2D eigenvalue weighted by molar-refractivity contribution is 0.412. The Hall–Kier alpha value is -1.97. The van der Waals surface area contributed by atoms with Crippen LogP contribution in [0.5, 0.6) is 5.75 Å². The summed E-state index contributed by atoms with van der Waals surface area (Å²) in [6.45, 7) is 4.08. The number of nitrogens with zero attached hydrogens (tertiary/aromatic N) is 1. The largest absolute Gasteiger partial charge is 0.496 e. The molecule has 0 aliphatic rings. The molecule has 2 rings (SSSR count). The highest BCUT2D eigenvalue weighted by Gasteiger charge is 2.12. The number of rotatable bonds is 3. The normalized spacial score (nSPS) is 10.5. The molecule has 3 N–H and O–H groups in total. The quantitative estimate of drug-likeness (QED) is 0.853. The van der Waals surface area contributed by atoms with Crippen LogP contribution in [-0.4, -0.2) is 17.3 Å². The van der Waals surface area contributed by atoms with Crippen LogP contribution in [0.1, 0.15) is 18.1 Å². The van der Waals surface area contributed by atoms with E-state index in [9.17, 15) is 0 Å². The van der Waals surface area contributed by atoms with Gasteiger partial charge in [0.2, 0.25) is 0 Å². The number of methoxy groups -OCH3 is 1. The van der Waals surface area contributed by atoms with E-state index in [0.29, 0.717) is 5.82 Å². The summed E-state index contributed by atoms with van der Waals surface area (Å²) >= 11 is 0. The Morgan fingerprint density at radius 2 is 2.18 bits per heavy atom. The summed E-state index contributed by atoms with van der Waals surface area (Å²) < 4.78 is 5.32. The summed E-state index contributed by atoms with van der Waals surface area (Å²) in [5.74, 6) is 1.44. The van der Waals surface area contributed by atoms with Crippen LogP contribution in [0.2, 0.25) is 0 Å². The number of ether oxygens (including phenoxy) is 1. The van der Waals surface area contributed by atoms with Crippen LogP contribution in [-0.2, 0) is 6.42 Å². The van der Waals surface area contributed by atoms with E-state index in [1.807, 2.05) is 25.1 Å². The van der Waals surface area contributed by atoms with Gasteiger partial charge in [0.1, 0.15) is 11.6 Å². The third kappa shape index (κ3) is 1.98. The average Bonchev–Trinajstić information content (AvgIpc) is 2.71. The number of nitrogens with two attached hydrogens (primary N) is 1. The number of aryl methyl sites for hydroxylation is 1. The molecule has 0 atom stereocenters. The van der Waals surface area contributed by atoms with E-state index in [0.717, 1.165) is 34.6 Å². The monoisotopic (exact) mass is 231 g/mol. The number of H-pyrrole nitrogens is 1. The number of nitrogen functional groups attached to an aromatic ring is 1. The fourth-order valence-electron chi connectivity index (χ4n) is 1.95. The maximum atomic E-state index is 5.82. The van der Waals surface area contributed by atoms with Crippen molar-refractivity contribution < 1.29 is 4.74 Å². The predicted molar refractivity (Wildman–Crippen MR) is 69.1 cm³/mol. The van der Waals surface area contributed by atoms with Crippen molar-refractivity contribution in [3.63, 3.8) is 0 Å². The number of hydrogen-bond acceptors (Lipinski definition) is 3. The Morgan fingerprint density at radius 1 is 1.41 bits per heavy atom. The summed E-state index contributed by atoms with van der Waals surface area (Å²) in [6.07, 6.45) is 0.855. The Balaban J connectivity index is 2.52. The van der Waals surface area contributed by atoms with Crippen molar-refractivity contribution in [2.24, 2.45) is 0 Å². The van der Waals surface area contributed by atoms with Gasteiger partial charge in [-0.2, -0.15) is 5.10 Å². The topological polar surface area (TPSA) is 63.9 Å². The van der Waals surface area contributed by atoms with Gasteiger partial charge in [0, 0.05) is 11.1 Å². The van der Waals surface area contributed by atoms with E-state index in [1.165, 1.54) is 0 Å². The summed E-state index contributed by atoms with van der Waals surface area (Å²) in [5.41, 5.74) is 10.0. The van der Waals surface area contributed by atoms with Crippen molar-refractivity contribution in [2.45, 2.75) is 20.3 Å². The lowest BCUT2D eigenvalue weighted by Gasteiger charge is -2.07. The number of anilines is 1. The summed E-state index contributed by atoms with van der Waals surface area (Å²) in [4.78, 5) is 0. The van der Waals surface area contributed by atoms with E-state index in [2.05, 4.69) is 17.1 Å². The molecule has 1 aromatic heterocycles. The molecular formula is C13H17N3O. The van der Waals surface area contributed by atoms with Crippen molar-refractivity contribution in [1.82, 2.24) is 10.2 Å². The summed E-state index contributed by atoms with van der Waals surface area (Å²) in [7, 11) is 1.67. The van der Waals surface area contributed by atoms with E-state index < -0.39 is 0 Å². The molecule has 4 nitrogen and oxygen atoms in total. The Bertz CT molecular complexity index is 531. The number of nitrogens with one attached hydrogen (secondary N) is 1. The van der Waals surface area contributed by atoms with Gasteiger partial charge >= 0.3 is 0 Å². The Kier molecular flexibility index (Phi) is 3.04. The molecule has 4 heteroatoms. The Labute approximate surface area is 101 Å². The van der Waals surface area contributed by atoms with Crippen LogP contribution in [0.3, 0.4) is 0 Å². The molecule has 90 valence electrons. The number of hydrogen-bond donors (Lipinski definition) is 2. The fraction of sp³-hybridized carbons (Fsp3) is 0.308. The van der Waals surface area contributed by atoms with Gasteiger partial charge in [-0.25, -0.2) is 0 Å². The first-order chi connectivity index (χ1) is 8.17. The molecule has 0 unspecified atom stereocenters. The second kappa shape index (κ2) is 4.49. The van der Waals surface area contributed by atoms with Crippen molar-refractivity contribution in [3.8, 4) is 17.0 Å². The molecule has 0 fully saturated rings. The molecule has 0 aliphatic heterocycles. The molecule has 0 aliphatic carbocycles. The van der Waals surface area contributed by atoms with E-state index >= 15 is 0 Å². The van der Waals surface area contributed by atoms with Crippen LogP contribution in [0.4, 0.5) is 5.82 Å². The molecule has 0 radical (unpaired) electrons. The highest BCUT2D eigenvalue weighted by molar-refractivity contribution is 5.69. The lowest BCUT2D eigenvalue weighted by atomic mass is 10.0. The third-order valence-electron chi connectivity index (χ3n) is 2.95. The molecule has 1 aromatic carbocycles. The van der Waals surface area contributed by atoms with Crippen molar-refractivity contribution in [3.05, 3.63) is 29.3 Å². The third-order valence-corrected chi connectivity index (χ3v) is 2.95. The molecule has 0 saturated heterocycles. The Morgan fingerprint density at radius 3 is 2.82 bits per heavy atom. The highest BCUT2D eigenvalue weighted by atomic mass is 16.5. The molecule has 2 aromatic rings. The second-order valence-electron chi connectivity index (χ2n) is 4.00. The first kappa shape index (κ1) is 11.5. The predicted octanol–water partition coefficient (Wildman–Crippen LogP) is 2.54. The van der Waals surface area contributed by atoms with E-state index in [1.54, 1.807) is 7.11 Å². The van der Waals surface area contributed by atoms with Gasteiger partial charge in [-0.3, -0.25) is 5.10 Å². The zero-order chi connectivity index (χ0) is 12.4. The number of aromatic nitrogens is 2. The molecule has 0 spiro atoms. The number of benzene rings is 1. The molecule has 0 amide bonds. The second-order valence-corrected chi connectivity index (χ2v) is 4.00. The van der Waals surface area contributed by atoms with Crippen molar-refractivity contribution in [2.75, 3.05) is 12.8 Å². The highest BCUT2D eigenvalue weighted by Crippen LogP contribution is 2.29. The van der Waals surface area contributed by atoms with Gasteiger partial charge in [0.05, 0.1) is 12.8 Å². The minimum absolute atomic E-state index is 0.571. The molecule has 1 heterocycles. The van der Waals surface area contributed by atoms with E-state index in [4.69, 9.17) is 10.5 Å². The van der Waals surface area contributed by atoms with Gasteiger partial charge in [0.25, 0.3) is 0 Å². The standard InChI is InChI=1S/C13H17N3O/c1-4-10-12(15-16-13(10)14)9-6-5-8(2)11(7-9)17-3/h5-7H,4H2,1-3H3,(H3,14,15,16). The SMILES string of the molecule is CCc1c(N)n[nH]c1-c1ccc(C)c(OC)c1. The zero-order valence-electron chi connectivity index (χ0n) is 10.4. The van der Waals surface area contributed by atoms with Crippen LogP contribution in [0, 0.1) is 6.92 Å². The van der Waals surface area contributed by atoms with Crippen LogP contribution >= 0.6 is 0 Å². The summed E-state index contributed by atoms with van der Waals surface area (Å²) in [5, 5.41) is 7.04. The first-order valence-corrected chi connectivity index (χ1v) is 5.65. The molecular weight excluding hydrogens is 214 g/mol. The van der Waals surface area contributed by atoms with Crippen molar-refractivity contribution in [1.29, 1.82) is 0 Å². The van der Waals surface area contributed by atoms with Crippen LogP contribution in [0.25, 0.3) is 11.3 Å². The lowest BCUT2D eigenvalue weighted by Crippen LogP contribution is -1.92.